The van der Waals surface area contributed by atoms with Crippen LogP contribution >= 0.6 is 15.9 Å². The first-order chi connectivity index (χ1) is 12.2. The lowest BCUT2D eigenvalue weighted by Gasteiger charge is -2.33. The molecule has 124 valence electrons. The normalized spacial score (nSPS) is 19.0. The summed E-state index contributed by atoms with van der Waals surface area (Å²) >= 11 is 3.43. The summed E-state index contributed by atoms with van der Waals surface area (Å²) in [6, 6.07) is 24.6. The molecule has 0 bridgehead atoms. The van der Waals surface area contributed by atoms with E-state index in [4.69, 9.17) is 4.74 Å². The number of benzene rings is 3. The summed E-state index contributed by atoms with van der Waals surface area (Å²) in [7, 11) is 0. The van der Waals surface area contributed by atoms with Gasteiger partial charge in [0.2, 0.25) is 0 Å². The van der Waals surface area contributed by atoms with Crippen LogP contribution in [0.5, 0.6) is 5.75 Å². The highest BCUT2D eigenvalue weighted by Crippen LogP contribution is 2.36. The average molecular weight is 394 g/mol. The fraction of sp³-hybridized carbons (Fsp3) is 0.0952. The Morgan fingerprint density at radius 1 is 0.840 bits per heavy atom. The summed E-state index contributed by atoms with van der Waals surface area (Å²) in [4.78, 5) is 13.1. The molecule has 3 aromatic carbocycles. The SMILES string of the molecule is O=C1c2ccccc2OC(c2ccccc2)C1Nc1ccc(Br)cc1. The highest BCUT2D eigenvalue weighted by Gasteiger charge is 2.38. The van der Waals surface area contributed by atoms with E-state index >= 15 is 0 Å². The molecular weight excluding hydrogens is 378 g/mol. The van der Waals surface area contributed by atoms with Gasteiger partial charge in [-0.2, -0.15) is 0 Å². The predicted octanol–water partition coefficient (Wildman–Crippen LogP) is 5.25. The summed E-state index contributed by atoms with van der Waals surface area (Å²) in [6.07, 6.45) is -0.382. The van der Waals surface area contributed by atoms with Crippen molar-refractivity contribution in [3.05, 3.63) is 94.5 Å². The number of fused-ring (bicyclic) bond motifs is 1. The summed E-state index contributed by atoms with van der Waals surface area (Å²) < 4.78 is 7.20. The van der Waals surface area contributed by atoms with Crippen LogP contribution in [0.2, 0.25) is 0 Å². The van der Waals surface area contributed by atoms with Gasteiger partial charge in [0.1, 0.15) is 11.8 Å². The molecule has 3 nitrogen and oxygen atoms in total. The Balaban J connectivity index is 1.74. The van der Waals surface area contributed by atoms with E-state index in [1.54, 1.807) is 0 Å². The number of rotatable bonds is 3. The molecule has 2 atom stereocenters. The predicted molar refractivity (Wildman–Crippen MR) is 102 cm³/mol. The van der Waals surface area contributed by atoms with Gasteiger partial charge in [0.15, 0.2) is 11.9 Å². The van der Waals surface area contributed by atoms with Crippen molar-refractivity contribution < 1.29 is 9.53 Å². The number of carbonyl (C=O) groups is 1. The minimum absolute atomic E-state index is 0.0404. The molecule has 0 fully saturated rings. The van der Waals surface area contributed by atoms with Crippen LogP contribution in [-0.4, -0.2) is 11.8 Å². The van der Waals surface area contributed by atoms with E-state index in [9.17, 15) is 4.79 Å². The smallest absolute Gasteiger partial charge is 0.192 e. The molecule has 3 aromatic rings. The number of Topliss-reactive ketones (excluding diaryl/α,β-unsaturated/α-hetero) is 1. The highest BCUT2D eigenvalue weighted by atomic mass is 79.9. The van der Waals surface area contributed by atoms with Gasteiger partial charge in [0.05, 0.1) is 5.56 Å². The molecular formula is C21H16BrNO2. The van der Waals surface area contributed by atoms with Crippen LogP contribution in [0, 0.1) is 0 Å². The maximum atomic E-state index is 13.1. The summed E-state index contributed by atoms with van der Waals surface area (Å²) in [5.74, 6) is 0.675. The van der Waals surface area contributed by atoms with Gasteiger partial charge in [-0.05, 0) is 42.0 Å². The topological polar surface area (TPSA) is 38.3 Å². The van der Waals surface area contributed by atoms with Gasteiger partial charge in [-0.3, -0.25) is 4.79 Å². The third-order valence-electron chi connectivity index (χ3n) is 4.29. The van der Waals surface area contributed by atoms with Gasteiger partial charge < -0.3 is 10.1 Å². The number of ketones is 1. The molecule has 0 spiro atoms. The molecule has 4 heteroatoms. The minimum atomic E-state index is -0.488. The van der Waals surface area contributed by atoms with Crippen LogP contribution in [0.15, 0.2) is 83.3 Å². The number of para-hydroxylation sites is 1. The number of carbonyl (C=O) groups excluding carboxylic acids is 1. The van der Waals surface area contributed by atoms with E-state index in [1.165, 1.54) is 0 Å². The average Bonchev–Trinajstić information content (AvgIpc) is 2.66. The van der Waals surface area contributed by atoms with E-state index in [2.05, 4.69) is 21.2 Å². The molecule has 4 rings (SSSR count). The highest BCUT2D eigenvalue weighted by molar-refractivity contribution is 9.10. The fourth-order valence-electron chi connectivity index (χ4n) is 3.05. The van der Waals surface area contributed by atoms with E-state index in [0.29, 0.717) is 11.3 Å². The van der Waals surface area contributed by atoms with E-state index < -0.39 is 6.04 Å². The third kappa shape index (κ3) is 3.17. The molecule has 0 saturated carbocycles. The van der Waals surface area contributed by atoms with Crippen molar-refractivity contribution in [2.75, 3.05) is 5.32 Å². The zero-order chi connectivity index (χ0) is 17.2. The standard InChI is InChI=1S/C21H16BrNO2/c22-15-10-12-16(13-11-15)23-19-20(24)17-8-4-5-9-18(17)25-21(19)14-6-2-1-3-7-14/h1-13,19,21,23H. The number of halogens is 1. The molecule has 1 aliphatic rings. The second kappa shape index (κ2) is 6.73. The summed E-state index contributed by atoms with van der Waals surface area (Å²) in [5, 5.41) is 3.35. The molecule has 1 heterocycles. The lowest BCUT2D eigenvalue weighted by Crippen LogP contribution is -2.42. The monoisotopic (exact) mass is 393 g/mol. The van der Waals surface area contributed by atoms with Crippen molar-refractivity contribution in [2.45, 2.75) is 12.1 Å². The number of nitrogens with one attached hydrogen (secondary N) is 1. The van der Waals surface area contributed by atoms with Crippen molar-refractivity contribution in [3.63, 3.8) is 0 Å². The quantitative estimate of drug-likeness (QED) is 0.660. The number of hydrogen-bond acceptors (Lipinski definition) is 3. The Labute approximate surface area is 154 Å². The van der Waals surface area contributed by atoms with Gasteiger partial charge in [0, 0.05) is 10.2 Å². The van der Waals surface area contributed by atoms with E-state index in [1.807, 2.05) is 78.9 Å². The molecule has 1 aliphatic heterocycles. The zero-order valence-corrected chi connectivity index (χ0v) is 14.9. The minimum Gasteiger partial charge on any atom is -0.482 e. The van der Waals surface area contributed by atoms with Crippen LogP contribution in [-0.2, 0) is 0 Å². The first-order valence-corrected chi connectivity index (χ1v) is 8.88. The Morgan fingerprint density at radius 2 is 1.52 bits per heavy atom. The number of anilines is 1. The lowest BCUT2D eigenvalue weighted by molar-refractivity contribution is 0.0812. The van der Waals surface area contributed by atoms with Crippen LogP contribution in [0.25, 0.3) is 0 Å². The molecule has 0 saturated heterocycles. The fourth-order valence-corrected chi connectivity index (χ4v) is 3.32. The first kappa shape index (κ1) is 15.9. The second-order valence-corrected chi connectivity index (χ2v) is 6.85. The molecule has 1 N–H and O–H groups in total. The van der Waals surface area contributed by atoms with Gasteiger partial charge in [-0.1, -0.05) is 58.4 Å². The molecule has 25 heavy (non-hydrogen) atoms. The van der Waals surface area contributed by atoms with Crippen molar-refractivity contribution in [1.82, 2.24) is 0 Å². The first-order valence-electron chi connectivity index (χ1n) is 8.09. The van der Waals surface area contributed by atoms with Crippen molar-refractivity contribution in [2.24, 2.45) is 0 Å². The van der Waals surface area contributed by atoms with Gasteiger partial charge in [-0.15, -0.1) is 0 Å². The van der Waals surface area contributed by atoms with Crippen LogP contribution < -0.4 is 10.1 Å². The summed E-state index contributed by atoms with van der Waals surface area (Å²) in [6.45, 7) is 0. The summed E-state index contributed by atoms with van der Waals surface area (Å²) in [5.41, 5.74) is 2.47. The van der Waals surface area contributed by atoms with E-state index in [-0.39, 0.29) is 11.9 Å². The van der Waals surface area contributed by atoms with Crippen LogP contribution in [0.4, 0.5) is 5.69 Å². The lowest BCUT2D eigenvalue weighted by atomic mass is 9.91. The molecule has 2 unspecified atom stereocenters. The maximum Gasteiger partial charge on any atom is 0.192 e. The number of hydrogen-bond donors (Lipinski definition) is 1. The molecule has 0 aromatic heterocycles. The Morgan fingerprint density at radius 3 is 2.28 bits per heavy atom. The van der Waals surface area contributed by atoms with Gasteiger partial charge in [-0.25, -0.2) is 0 Å². The number of ether oxygens (including phenoxy) is 1. The molecule has 0 radical (unpaired) electrons. The zero-order valence-electron chi connectivity index (χ0n) is 13.4. The van der Waals surface area contributed by atoms with Gasteiger partial charge >= 0.3 is 0 Å². The van der Waals surface area contributed by atoms with Crippen LogP contribution in [0.3, 0.4) is 0 Å². The Kier molecular flexibility index (Phi) is 4.28. The van der Waals surface area contributed by atoms with E-state index in [0.717, 1.165) is 15.7 Å². The maximum absolute atomic E-state index is 13.1. The van der Waals surface area contributed by atoms with Crippen LogP contribution in [0.1, 0.15) is 22.0 Å². The Hall–Kier alpha value is -2.59. The Bertz CT molecular complexity index is 893. The molecule has 0 aliphatic carbocycles. The molecule has 0 amide bonds. The largest absolute Gasteiger partial charge is 0.482 e. The third-order valence-corrected chi connectivity index (χ3v) is 4.81. The van der Waals surface area contributed by atoms with Crippen molar-refractivity contribution >= 4 is 27.4 Å². The van der Waals surface area contributed by atoms with Crippen molar-refractivity contribution in [3.8, 4) is 5.75 Å². The second-order valence-electron chi connectivity index (χ2n) is 5.94. The van der Waals surface area contributed by atoms with Crippen molar-refractivity contribution in [1.29, 1.82) is 0 Å². The van der Waals surface area contributed by atoms with Gasteiger partial charge in [0.25, 0.3) is 0 Å².